The molecular formula is C7H6F3N3O. The lowest BCUT2D eigenvalue weighted by molar-refractivity contribution is -0.138. The van der Waals surface area contributed by atoms with E-state index in [1.165, 1.54) is 6.92 Å². The maximum atomic E-state index is 12.0. The largest absolute Gasteiger partial charge is 0.419 e. The highest BCUT2D eigenvalue weighted by Gasteiger charge is 2.31. The van der Waals surface area contributed by atoms with Gasteiger partial charge in [0.05, 0.1) is 5.56 Å². The van der Waals surface area contributed by atoms with Crippen LogP contribution in [0.25, 0.3) is 0 Å². The first-order chi connectivity index (χ1) is 6.39. The van der Waals surface area contributed by atoms with E-state index in [2.05, 4.69) is 15.3 Å². The zero-order valence-corrected chi connectivity index (χ0v) is 7.09. The Morgan fingerprint density at radius 2 is 1.86 bits per heavy atom. The van der Waals surface area contributed by atoms with Crippen molar-refractivity contribution in [1.82, 2.24) is 9.97 Å². The standard InChI is InChI=1S/C7H6F3N3O/c1-4(14)13-6-11-2-5(3-12-6)7(8,9)10/h2-3H,1H3,(H,11,12,13,14). The number of aromatic nitrogens is 2. The summed E-state index contributed by atoms with van der Waals surface area (Å²) >= 11 is 0. The van der Waals surface area contributed by atoms with E-state index in [1.807, 2.05) is 0 Å². The summed E-state index contributed by atoms with van der Waals surface area (Å²) in [5, 5.41) is 2.15. The van der Waals surface area contributed by atoms with Crippen molar-refractivity contribution in [3.8, 4) is 0 Å². The highest BCUT2D eigenvalue weighted by atomic mass is 19.4. The number of halogens is 3. The van der Waals surface area contributed by atoms with Crippen LogP contribution in [-0.2, 0) is 11.0 Å². The van der Waals surface area contributed by atoms with Gasteiger partial charge < -0.3 is 0 Å². The third-order valence-electron chi connectivity index (χ3n) is 1.27. The molecule has 1 heterocycles. The molecule has 4 nitrogen and oxygen atoms in total. The fourth-order valence-corrected chi connectivity index (χ4v) is 0.696. The van der Waals surface area contributed by atoms with E-state index in [0.717, 1.165) is 0 Å². The molecule has 0 aliphatic rings. The normalized spacial score (nSPS) is 11.1. The van der Waals surface area contributed by atoms with E-state index >= 15 is 0 Å². The van der Waals surface area contributed by atoms with Crippen LogP contribution >= 0.6 is 0 Å². The Morgan fingerprint density at radius 1 is 1.36 bits per heavy atom. The van der Waals surface area contributed by atoms with Crippen molar-refractivity contribution in [2.24, 2.45) is 0 Å². The molecule has 0 spiro atoms. The van der Waals surface area contributed by atoms with Crippen molar-refractivity contribution in [3.05, 3.63) is 18.0 Å². The van der Waals surface area contributed by atoms with Gasteiger partial charge in [-0.05, 0) is 0 Å². The van der Waals surface area contributed by atoms with E-state index in [-0.39, 0.29) is 5.95 Å². The third kappa shape index (κ3) is 2.68. The van der Waals surface area contributed by atoms with Gasteiger partial charge in [-0.3, -0.25) is 10.1 Å². The number of carbonyl (C=O) groups excluding carboxylic acids is 1. The number of hydrogen-bond acceptors (Lipinski definition) is 3. The zero-order valence-electron chi connectivity index (χ0n) is 7.09. The molecule has 1 rings (SSSR count). The molecule has 0 fully saturated rings. The van der Waals surface area contributed by atoms with Gasteiger partial charge in [-0.25, -0.2) is 9.97 Å². The lowest BCUT2D eigenvalue weighted by atomic mass is 10.3. The molecule has 7 heteroatoms. The quantitative estimate of drug-likeness (QED) is 0.754. The minimum atomic E-state index is -4.46. The van der Waals surface area contributed by atoms with E-state index in [1.54, 1.807) is 0 Å². The van der Waals surface area contributed by atoms with Crippen LogP contribution in [0, 0.1) is 0 Å². The predicted octanol–water partition coefficient (Wildman–Crippen LogP) is 1.45. The molecule has 0 unspecified atom stereocenters. The van der Waals surface area contributed by atoms with E-state index in [4.69, 9.17) is 0 Å². The van der Waals surface area contributed by atoms with Crippen molar-refractivity contribution >= 4 is 11.9 Å². The molecule has 0 saturated carbocycles. The number of nitrogens with zero attached hydrogens (tertiary/aromatic N) is 2. The number of anilines is 1. The maximum Gasteiger partial charge on any atom is 0.419 e. The fraction of sp³-hybridized carbons (Fsp3) is 0.286. The van der Waals surface area contributed by atoms with Crippen LogP contribution in [-0.4, -0.2) is 15.9 Å². The topological polar surface area (TPSA) is 54.9 Å². The highest BCUT2D eigenvalue weighted by Crippen LogP contribution is 2.27. The first kappa shape index (κ1) is 10.4. The van der Waals surface area contributed by atoms with Crippen LogP contribution in [0.4, 0.5) is 19.1 Å². The van der Waals surface area contributed by atoms with E-state index in [9.17, 15) is 18.0 Å². The predicted molar refractivity (Wildman–Crippen MR) is 41.3 cm³/mol. The molecule has 0 aromatic carbocycles. The van der Waals surface area contributed by atoms with Gasteiger partial charge in [-0.2, -0.15) is 13.2 Å². The summed E-state index contributed by atoms with van der Waals surface area (Å²) in [5.41, 5.74) is -0.952. The number of nitrogens with one attached hydrogen (secondary N) is 1. The molecule has 0 bridgehead atoms. The van der Waals surface area contributed by atoms with E-state index in [0.29, 0.717) is 12.4 Å². The summed E-state index contributed by atoms with van der Waals surface area (Å²) in [7, 11) is 0. The molecule has 0 radical (unpaired) electrons. The van der Waals surface area contributed by atoms with Gasteiger partial charge in [-0.1, -0.05) is 0 Å². The Balaban J connectivity index is 2.84. The summed E-state index contributed by atoms with van der Waals surface area (Å²) in [6, 6.07) is 0. The summed E-state index contributed by atoms with van der Waals surface area (Å²) < 4.78 is 36.0. The van der Waals surface area contributed by atoms with Crippen LogP contribution in [0.3, 0.4) is 0 Å². The summed E-state index contributed by atoms with van der Waals surface area (Å²) in [4.78, 5) is 17.1. The van der Waals surface area contributed by atoms with Gasteiger partial charge in [0.15, 0.2) is 0 Å². The number of amides is 1. The second-order valence-corrected chi connectivity index (χ2v) is 2.47. The Kier molecular flexibility index (Phi) is 2.68. The number of alkyl halides is 3. The van der Waals surface area contributed by atoms with Gasteiger partial charge in [-0.15, -0.1) is 0 Å². The highest BCUT2D eigenvalue weighted by molar-refractivity contribution is 5.86. The summed E-state index contributed by atoms with van der Waals surface area (Å²) in [5.74, 6) is -0.588. The van der Waals surface area contributed by atoms with Gasteiger partial charge in [0.1, 0.15) is 0 Å². The van der Waals surface area contributed by atoms with Crippen molar-refractivity contribution in [2.45, 2.75) is 13.1 Å². The number of carbonyl (C=O) groups is 1. The lowest BCUT2D eigenvalue weighted by Crippen LogP contribution is -2.11. The molecule has 1 aromatic heterocycles. The Bertz CT molecular complexity index is 333. The average molecular weight is 205 g/mol. The van der Waals surface area contributed by atoms with Crippen LogP contribution in [0.15, 0.2) is 12.4 Å². The summed E-state index contributed by atoms with van der Waals surface area (Å²) in [6.07, 6.45) is -3.24. The maximum absolute atomic E-state index is 12.0. The van der Waals surface area contributed by atoms with Crippen molar-refractivity contribution in [2.75, 3.05) is 5.32 Å². The first-order valence-electron chi connectivity index (χ1n) is 3.56. The van der Waals surface area contributed by atoms with Crippen LogP contribution in [0.1, 0.15) is 12.5 Å². The molecule has 0 atom stereocenters. The molecule has 1 N–H and O–H groups in total. The van der Waals surface area contributed by atoms with Gasteiger partial charge in [0.25, 0.3) is 0 Å². The summed E-state index contributed by atoms with van der Waals surface area (Å²) in [6.45, 7) is 1.21. The molecule has 14 heavy (non-hydrogen) atoms. The molecule has 1 aromatic rings. The Hall–Kier alpha value is -1.66. The second-order valence-electron chi connectivity index (χ2n) is 2.47. The van der Waals surface area contributed by atoms with Gasteiger partial charge >= 0.3 is 6.18 Å². The van der Waals surface area contributed by atoms with Crippen LogP contribution < -0.4 is 5.32 Å². The minimum absolute atomic E-state index is 0.148. The van der Waals surface area contributed by atoms with Crippen molar-refractivity contribution in [1.29, 1.82) is 0 Å². The molecule has 0 aliphatic carbocycles. The van der Waals surface area contributed by atoms with Crippen molar-refractivity contribution < 1.29 is 18.0 Å². The second kappa shape index (κ2) is 3.60. The molecular weight excluding hydrogens is 199 g/mol. The minimum Gasteiger partial charge on any atom is -0.295 e. The fourth-order valence-electron chi connectivity index (χ4n) is 0.696. The Morgan fingerprint density at radius 3 is 2.21 bits per heavy atom. The van der Waals surface area contributed by atoms with Gasteiger partial charge in [0, 0.05) is 19.3 Å². The van der Waals surface area contributed by atoms with Gasteiger partial charge in [0.2, 0.25) is 11.9 Å². The molecule has 0 aliphatic heterocycles. The zero-order chi connectivity index (χ0) is 10.8. The van der Waals surface area contributed by atoms with Crippen LogP contribution in [0.2, 0.25) is 0 Å². The molecule has 1 amide bonds. The molecule has 0 saturated heterocycles. The first-order valence-corrected chi connectivity index (χ1v) is 3.56. The third-order valence-corrected chi connectivity index (χ3v) is 1.27. The van der Waals surface area contributed by atoms with Crippen molar-refractivity contribution in [3.63, 3.8) is 0 Å². The average Bonchev–Trinajstić information content (AvgIpc) is 2.02. The van der Waals surface area contributed by atoms with Crippen LogP contribution in [0.5, 0.6) is 0 Å². The Labute approximate surface area is 77.2 Å². The SMILES string of the molecule is CC(=O)Nc1ncc(C(F)(F)F)cn1. The monoisotopic (exact) mass is 205 g/mol. The smallest absolute Gasteiger partial charge is 0.295 e. The lowest BCUT2D eigenvalue weighted by Gasteiger charge is -2.05. The molecule has 76 valence electrons. The number of rotatable bonds is 1. The number of hydrogen-bond donors (Lipinski definition) is 1. The van der Waals surface area contributed by atoms with E-state index < -0.39 is 17.6 Å².